The maximum atomic E-state index is 11.8. The van der Waals surface area contributed by atoms with Gasteiger partial charge in [-0.15, -0.1) is 0 Å². The Hall–Kier alpha value is -3.14. The Labute approximate surface area is 141 Å². The molecule has 24 heavy (non-hydrogen) atoms. The summed E-state index contributed by atoms with van der Waals surface area (Å²) in [6, 6.07) is 7.44. The molecule has 0 amide bonds. The van der Waals surface area contributed by atoms with Crippen molar-refractivity contribution in [3.63, 3.8) is 0 Å². The SMILES string of the molecule is C=C/C=C(/C=Nc1ccccc1N/C=C1/C=CCCC1=O)C(=C)O. The van der Waals surface area contributed by atoms with Crippen molar-refractivity contribution in [2.45, 2.75) is 12.8 Å². The van der Waals surface area contributed by atoms with Gasteiger partial charge in [-0.1, -0.05) is 49.6 Å². The standard InChI is InChI=1S/C20H20N2O2/c1-3-8-16(15(2)23)13-21-18-10-5-6-11-19(18)22-14-17-9-4-7-12-20(17)24/h3-6,8-11,13-14,22-23H,1-2,7,12H2/b16-8-,17-14-,21-13?. The van der Waals surface area contributed by atoms with E-state index in [1.165, 1.54) is 6.21 Å². The minimum absolute atomic E-state index is 0.0795. The van der Waals surface area contributed by atoms with Gasteiger partial charge in [0.1, 0.15) is 5.76 Å². The van der Waals surface area contributed by atoms with Gasteiger partial charge in [-0.3, -0.25) is 9.79 Å². The molecule has 0 atom stereocenters. The Kier molecular flexibility index (Phi) is 6.08. The third-order valence-electron chi connectivity index (χ3n) is 3.42. The summed E-state index contributed by atoms with van der Waals surface area (Å²) in [6.07, 6.45) is 11.5. The largest absolute Gasteiger partial charge is 0.508 e. The van der Waals surface area contributed by atoms with E-state index >= 15 is 0 Å². The average molecular weight is 320 g/mol. The predicted octanol–water partition coefficient (Wildman–Crippen LogP) is 4.79. The lowest BCUT2D eigenvalue weighted by Crippen LogP contribution is -2.05. The molecule has 4 heteroatoms. The molecule has 0 aromatic heterocycles. The lowest BCUT2D eigenvalue weighted by molar-refractivity contribution is -0.115. The summed E-state index contributed by atoms with van der Waals surface area (Å²) in [5.41, 5.74) is 2.56. The van der Waals surface area contributed by atoms with Gasteiger partial charge in [0, 0.05) is 30.0 Å². The summed E-state index contributed by atoms with van der Waals surface area (Å²) in [4.78, 5) is 16.2. The molecule has 0 spiro atoms. The first-order chi connectivity index (χ1) is 11.6. The van der Waals surface area contributed by atoms with E-state index in [0.29, 0.717) is 23.3 Å². The van der Waals surface area contributed by atoms with E-state index in [1.54, 1.807) is 18.4 Å². The number of allylic oxidation sites excluding steroid dienone is 6. The van der Waals surface area contributed by atoms with Gasteiger partial charge in [0.2, 0.25) is 0 Å². The van der Waals surface area contributed by atoms with Crippen molar-refractivity contribution in [1.82, 2.24) is 0 Å². The van der Waals surface area contributed by atoms with Crippen molar-refractivity contribution in [3.05, 3.63) is 84.8 Å². The zero-order valence-corrected chi connectivity index (χ0v) is 13.4. The normalized spacial score (nSPS) is 16.6. The predicted molar refractivity (Wildman–Crippen MR) is 99.7 cm³/mol. The summed E-state index contributed by atoms with van der Waals surface area (Å²) in [5.74, 6) is 0.0444. The quantitative estimate of drug-likeness (QED) is 0.343. The average Bonchev–Trinajstić information content (AvgIpc) is 2.58. The maximum Gasteiger partial charge on any atom is 0.164 e. The molecule has 0 unspecified atom stereocenters. The Morgan fingerprint density at radius 2 is 2.12 bits per heavy atom. The van der Waals surface area contributed by atoms with E-state index in [2.05, 4.69) is 23.5 Å². The zero-order valence-electron chi connectivity index (χ0n) is 13.4. The molecule has 0 saturated heterocycles. The number of para-hydroxylation sites is 2. The van der Waals surface area contributed by atoms with Crippen LogP contribution in [-0.2, 0) is 4.79 Å². The third kappa shape index (κ3) is 4.68. The Morgan fingerprint density at radius 1 is 1.33 bits per heavy atom. The van der Waals surface area contributed by atoms with Crippen LogP contribution in [0.2, 0.25) is 0 Å². The van der Waals surface area contributed by atoms with Crippen LogP contribution in [0.25, 0.3) is 0 Å². The minimum atomic E-state index is -0.0795. The summed E-state index contributed by atoms with van der Waals surface area (Å²) >= 11 is 0. The number of Topliss-reactive ketones (excluding diaryl/α,β-unsaturated/α-hetero) is 1. The van der Waals surface area contributed by atoms with Crippen molar-refractivity contribution >= 4 is 23.4 Å². The van der Waals surface area contributed by atoms with Gasteiger partial charge < -0.3 is 10.4 Å². The number of anilines is 1. The van der Waals surface area contributed by atoms with Crippen molar-refractivity contribution in [2.75, 3.05) is 5.32 Å². The van der Waals surface area contributed by atoms with Crippen LogP contribution in [0.3, 0.4) is 0 Å². The van der Waals surface area contributed by atoms with Crippen molar-refractivity contribution < 1.29 is 9.90 Å². The minimum Gasteiger partial charge on any atom is -0.508 e. The number of rotatable bonds is 6. The van der Waals surface area contributed by atoms with Crippen LogP contribution < -0.4 is 5.32 Å². The molecule has 0 bridgehead atoms. The molecule has 0 radical (unpaired) electrons. The molecule has 1 aromatic rings. The van der Waals surface area contributed by atoms with Gasteiger partial charge in [0.15, 0.2) is 5.78 Å². The first-order valence-electron chi connectivity index (χ1n) is 7.62. The van der Waals surface area contributed by atoms with Gasteiger partial charge in [-0.2, -0.15) is 0 Å². The summed E-state index contributed by atoms with van der Waals surface area (Å²) in [5, 5.41) is 12.6. The molecule has 0 heterocycles. The number of aliphatic imine (C=N–C) groups is 1. The lowest BCUT2D eigenvalue weighted by atomic mass is 10.0. The number of carbonyl (C=O) groups is 1. The Balaban J connectivity index is 2.23. The van der Waals surface area contributed by atoms with Gasteiger partial charge in [-0.25, -0.2) is 0 Å². The lowest BCUT2D eigenvalue weighted by Gasteiger charge is -2.09. The fourth-order valence-electron chi connectivity index (χ4n) is 2.13. The van der Waals surface area contributed by atoms with E-state index in [9.17, 15) is 9.90 Å². The molecule has 0 saturated carbocycles. The molecule has 0 aliphatic heterocycles. The molecular formula is C20H20N2O2. The number of aliphatic hydroxyl groups is 1. The number of nitrogens with one attached hydrogen (secondary N) is 1. The summed E-state index contributed by atoms with van der Waals surface area (Å²) in [6.45, 7) is 7.09. The molecule has 2 N–H and O–H groups in total. The fraction of sp³-hybridized carbons (Fsp3) is 0.100. The highest BCUT2D eigenvalue weighted by molar-refractivity contribution is 5.99. The van der Waals surface area contributed by atoms with Crippen molar-refractivity contribution in [3.8, 4) is 0 Å². The van der Waals surface area contributed by atoms with E-state index in [1.807, 2.05) is 36.4 Å². The van der Waals surface area contributed by atoms with Crippen LogP contribution in [0.4, 0.5) is 11.4 Å². The van der Waals surface area contributed by atoms with Gasteiger partial charge in [-0.05, 0) is 18.6 Å². The van der Waals surface area contributed by atoms with Gasteiger partial charge in [0.05, 0.1) is 11.4 Å². The van der Waals surface area contributed by atoms with Crippen LogP contribution >= 0.6 is 0 Å². The topological polar surface area (TPSA) is 61.7 Å². The highest BCUT2D eigenvalue weighted by atomic mass is 16.3. The van der Waals surface area contributed by atoms with E-state index in [4.69, 9.17) is 0 Å². The van der Waals surface area contributed by atoms with Crippen molar-refractivity contribution in [1.29, 1.82) is 0 Å². The highest BCUT2D eigenvalue weighted by Crippen LogP contribution is 2.25. The van der Waals surface area contributed by atoms with Crippen molar-refractivity contribution in [2.24, 2.45) is 4.99 Å². The van der Waals surface area contributed by atoms with Gasteiger partial charge in [0.25, 0.3) is 0 Å². The molecule has 1 aliphatic rings. The molecule has 4 nitrogen and oxygen atoms in total. The second-order valence-electron chi connectivity index (χ2n) is 5.19. The number of hydrogen-bond acceptors (Lipinski definition) is 4. The molecule has 2 rings (SSSR count). The molecule has 1 aliphatic carbocycles. The molecule has 122 valence electrons. The zero-order chi connectivity index (χ0) is 17.4. The van der Waals surface area contributed by atoms with Gasteiger partial charge >= 0.3 is 0 Å². The number of benzene rings is 1. The smallest absolute Gasteiger partial charge is 0.164 e. The monoisotopic (exact) mass is 320 g/mol. The summed E-state index contributed by atoms with van der Waals surface area (Å²) < 4.78 is 0. The second kappa shape index (κ2) is 8.48. The Bertz CT molecular complexity index is 768. The van der Waals surface area contributed by atoms with Crippen LogP contribution in [0.15, 0.2) is 89.8 Å². The summed E-state index contributed by atoms with van der Waals surface area (Å²) in [7, 11) is 0. The number of ketones is 1. The van der Waals surface area contributed by atoms with E-state index in [-0.39, 0.29) is 11.5 Å². The Morgan fingerprint density at radius 3 is 2.83 bits per heavy atom. The number of hydrogen-bond donors (Lipinski definition) is 2. The van der Waals surface area contributed by atoms with E-state index in [0.717, 1.165) is 12.1 Å². The second-order valence-corrected chi connectivity index (χ2v) is 5.19. The van der Waals surface area contributed by atoms with Crippen LogP contribution in [0.1, 0.15) is 12.8 Å². The molecule has 0 fully saturated rings. The number of carbonyl (C=O) groups excluding carboxylic acids is 1. The van der Waals surface area contributed by atoms with Crippen LogP contribution in [0, 0.1) is 0 Å². The number of nitrogens with zero attached hydrogens (tertiary/aromatic N) is 1. The first-order valence-corrected chi connectivity index (χ1v) is 7.62. The first kappa shape index (κ1) is 17.2. The van der Waals surface area contributed by atoms with E-state index < -0.39 is 0 Å². The highest BCUT2D eigenvalue weighted by Gasteiger charge is 2.09. The van der Waals surface area contributed by atoms with Crippen LogP contribution in [0.5, 0.6) is 0 Å². The third-order valence-corrected chi connectivity index (χ3v) is 3.42. The molecule has 1 aromatic carbocycles. The fourth-order valence-corrected chi connectivity index (χ4v) is 2.13. The maximum absolute atomic E-state index is 11.8. The molecular weight excluding hydrogens is 300 g/mol. The number of aliphatic hydroxyl groups excluding tert-OH is 1. The van der Waals surface area contributed by atoms with Crippen LogP contribution in [-0.4, -0.2) is 17.1 Å².